The van der Waals surface area contributed by atoms with Gasteiger partial charge in [-0.05, 0) is 180 Å². The summed E-state index contributed by atoms with van der Waals surface area (Å²) < 4.78 is 103. The van der Waals surface area contributed by atoms with Crippen LogP contribution in [0.1, 0.15) is 135 Å². The van der Waals surface area contributed by atoms with E-state index < -0.39 is 53.7 Å². The van der Waals surface area contributed by atoms with E-state index in [1.807, 2.05) is 30.3 Å². The molecule has 0 aromatic heterocycles. The van der Waals surface area contributed by atoms with Gasteiger partial charge in [-0.15, -0.1) is 0 Å². The van der Waals surface area contributed by atoms with Crippen LogP contribution in [0.4, 0.5) is 11.4 Å². The van der Waals surface area contributed by atoms with Crippen molar-refractivity contribution in [2.24, 2.45) is 0 Å². The summed E-state index contributed by atoms with van der Waals surface area (Å²) >= 11 is 1.62. The summed E-state index contributed by atoms with van der Waals surface area (Å²) in [6.45, 7) is 9.59. The largest absolute Gasteiger partial charge is 1.00 e. The van der Waals surface area contributed by atoms with Crippen molar-refractivity contribution >= 4 is 94.9 Å². The maximum absolute atomic E-state index is 12.5. The Morgan fingerprint density at radius 1 is 0.685 bits per heavy atom. The summed E-state index contributed by atoms with van der Waals surface area (Å²) in [5.74, 6) is -0.936. The summed E-state index contributed by atoms with van der Waals surface area (Å²) in [6.07, 6.45) is 14.9. The first-order valence-corrected chi connectivity index (χ1v) is 32.4. The Morgan fingerprint density at radius 2 is 1.30 bits per heavy atom. The zero-order chi connectivity index (χ0) is 60.8. The Labute approximate surface area is 640 Å². The maximum Gasteiger partial charge on any atom is 1.00 e. The molecule has 89 heavy (non-hydrogen) atoms. The molecule has 0 bridgehead atoms. The van der Waals surface area contributed by atoms with Crippen molar-refractivity contribution in [1.82, 2.24) is 0 Å². The maximum atomic E-state index is 12.5. The summed E-state index contributed by atoms with van der Waals surface area (Å²) in [4.78, 5) is 24.4. The minimum absolute atomic E-state index is 0. The topological polar surface area (TPSA) is 312 Å². The quantitative estimate of drug-likeness (QED) is 0.00798. The number of carboxylic acid groups (broad SMARTS) is 2. The third-order valence-corrected chi connectivity index (χ3v) is 18.1. The van der Waals surface area contributed by atoms with Gasteiger partial charge in [-0.2, -0.15) is 13.2 Å². The Hall–Kier alpha value is -0.550. The molecular formula is C59H69N2Na5O19S4. The normalized spacial score (nSPS) is 15.9. The van der Waals surface area contributed by atoms with E-state index in [9.17, 15) is 56.3 Å². The molecule has 0 spiro atoms. The number of benzene rings is 4. The van der Waals surface area contributed by atoms with E-state index >= 15 is 0 Å². The average molecular weight is 1350 g/mol. The molecule has 0 amide bonds. The van der Waals surface area contributed by atoms with Crippen LogP contribution in [0.2, 0.25) is 0 Å². The fraction of sp³-hybridized carbons (Fsp3) is 0.475. The Balaban J connectivity index is 0.00000540. The number of nitrogens with zero attached hydrogens (tertiary/aromatic N) is 2. The van der Waals surface area contributed by atoms with Crippen LogP contribution >= 0.6 is 24.1 Å². The first-order chi connectivity index (χ1) is 40.0. The first kappa shape index (κ1) is 84.5. The van der Waals surface area contributed by atoms with Crippen molar-refractivity contribution in [3.05, 3.63) is 107 Å². The smallest absolute Gasteiger partial charge is 0.748 e. The van der Waals surface area contributed by atoms with Gasteiger partial charge in [-0.1, -0.05) is 26.0 Å². The van der Waals surface area contributed by atoms with Crippen molar-refractivity contribution < 1.29 is 242 Å². The molecular weight excluding hydrogens is 1280 g/mol. The third-order valence-electron chi connectivity index (χ3n) is 15.3. The second kappa shape index (κ2) is 39.6. The summed E-state index contributed by atoms with van der Waals surface area (Å²) in [6, 6.07) is 13.8. The van der Waals surface area contributed by atoms with Gasteiger partial charge < -0.3 is 58.5 Å². The van der Waals surface area contributed by atoms with Crippen molar-refractivity contribution in [1.29, 1.82) is 0 Å². The molecule has 30 heteroatoms. The SMILES string of the molecule is COC1=C(/C=C/C2=[N+](CCCCS(=O)(=O)[O-])c3ccc4cc(SOO[O-])cc(OCCCCCC(=O)[O-])c4c3C2(C)C)CCC/C1=C\C=C1\N(CCCCSOO[O-])c2ccc3cc(S(=O)(=O)[O-])cc(OCCCCCC(=O)[O-])c3c2C1(C)C.[Na+].[Na+].[Na+].[Na+].[Na+]. The van der Waals surface area contributed by atoms with Crippen LogP contribution in [0.15, 0.2) is 105 Å². The van der Waals surface area contributed by atoms with Gasteiger partial charge >= 0.3 is 148 Å². The van der Waals surface area contributed by atoms with E-state index in [0.717, 1.165) is 86.3 Å². The molecule has 0 N–H and O–H groups in total. The van der Waals surface area contributed by atoms with Gasteiger partial charge in [0, 0.05) is 93.1 Å². The van der Waals surface area contributed by atoms with Gasteiger partial charge in [0.1, 0.15) is 33.9 Å². The predicted octanol–water partition coefficient (Wildman–Crippen LogP) is -7.87. The number of carbonyl (C=O) groups is 2. The number of methoxy groups -OCH3 is 1. The van der Waals surface area contributed by atoms with Crippen molar-refractivity contribution in [3.8, 4) is 11.5 Å². The molecule has 4 aromatic carbocycles. The number of hydrogen-bond acceptors (Lipinski definition) is 22. The van der Waals surface area contributed by atoms with Gasteiger partial charge in [0.05, 0.1) is 58.4 Å². The van der Waals surface area contributed by atoms with Crippen LogP contribution in [-0.2, 0) is 64.1 Å². The molecule has 4 aromatic rings. The zero-order valence-corrected chi connectivity index (χ0v) is 65.8. The number of fused-ring (bicyclic) bond motifs is 6. The molecule has 458 valence electrons. The fourth-order valence-electron chi connectivity index (χ4n) is 11.6. The molecule has 2 heterocycles. The standard InChI is InChI=1S/C59H74N2O19S4.5Na/c1-58(2)50(61(30-11-15-34-83(68,69)70)45-25-21-41-35-43(82-80-78-67)37-47(53(41)55(45)58)75-31-12-6-8-19-51(62)63)28-24-40-18-16-17-39(57(40)74-5)23-27-49-59(3,4)56-46(60(49)29-10-14-33-81-79-77-66)26-22-42-36-44(84(71,72)73)38-48(54(42)56)76-32-13-7-9-20-52(64)65;;;;;/h21-28,35-38H,6-20,29-34H2,1-5H3,(H5-,62,63,64,65,66,67,68,69,70,71,72,73);;;;;/q;5*+1/p-5. The molecule has 1 aliphatic carbocycles. The fourth-order valence-corrected chi connectivity index (χ4v) is 13.5. The second-order valence-electron chi connectivity index (χ2n) is 21.8. The van der Waals surface area contributed by atoms with Gasteiger partial charge in [-0.25, -0.2) is 16.8 Å². The summed E-state index contributed by atoms with van der Waals surface area (Å²) in [5, 5.41) is 53.3. The van der Waals surface area contributed by atoms with E-state index in [1.165, 1.54) is 12.1 Å². The molecule has 0 unspecified atom stereocenters. The van der Waals surface area contributed by atoms with E-state index in [2.05, 4.69) is 69.8 Å². The number of aliphatic carboxylic acids is 2. The van der Waals surface area contributed by atoms with Crippen LogP contribution in [0.3, 0.4) is 0 Å². The second-order valence-corrected chi connectivity index (χ2v) is 26.2. The van der Waals surface area contributed by atoms with Crippen molar-refractivity contribution in [2.75, 3.05) is 49.8 Å². The number of allylic oxidation sites excluding steroid dienone is 7. The van der Waals surface area contributed by atoms with E-state index in [4.69, 9.17) is 18.5 Å². The first-order valence-electron chi connectivity index (χ1n) is 27.8. The van der Waals surface area contributed by atoms with Gasteiger partial charge in [-0.3, -0.25) is 10.1 Å². The molecule has 7 rings (SSSR count). The van der Waals surface area contributed by atoms with Crippen molar-refractivity contribution in [3.63, 3.8) is 0 Å². The van der Waals surface area contributed by atoms with Gasteiger partial charge in [0.2, 0.25) is 5.69 Å². The molecule has 0 saturated carbocycles. The molecule has 0 atom stereocenters. The van der Waals surface area contributed by atoms with Gasteiger partial charge in [0.25, 0.3) is 0 Å². The number of hydrogen-bond donors (Lipinski definition) is 0. The minimum atomic E-state index is -4.90. The molecule has 0 saturated heterocycles. The predicted molar refractivity (Wildman–Crippen MR) is 306 cm³/mol. The van der Waals surface area contributed by atoms with Gasteiger partial charge in [0.15, 0.2) is 5.71 Å². The molecule has 0 radical (unpaired) electrons. The molecule has 0 fully saturated rings. The number of unbranched alkanes of at least 4 members (excludes halogenated alkanes) is 6. The Bertz CT molecular complexity index is 3470. The number of ether oxygens (including phenoxy) is 3. The number of carbonyl (C=O) groups excluding carboxylic acids is 2. The average Bonchev–Trinajstić information content (AvgIpc) is 1.71. The van der Waals surface area contributed by atoms with E-state index in [1.54, 1.807) is 19.2 Å². The Morgan fingerprint density at radius 3 is 1.91 bits per heavy atom. The number of anilines is 1. The number of carboxylic acids is 2. The van der Waals surface area contributed by atoms with Crippen molar-refractivity contribution in [2.45, 2.75) is 145 Å². The van der Waals surface area contributed by atoms with Crippen LogP contribution in [0, 0.1) is 0 Å². The van der Waals surface area contributed by atoms with Crippen LogP contribution < -0.4 is 183 Å². The molecule has 3 aliphatic rings. The molecule has 21 nitrogen and oxygen atoms in total. The van der Waals surface area contributed by atoms with Crippen LogP contribution in [-0.4, -0.2) is 93.1 Å². The zero-order valence-electron chi connectivity index (χ0n) is 52.6. The molecule has 2 aliphatic heterocycles. The van der Waals surface area contributed by atoms with Crippen LogP contribution in [0.5, 0.6) is 11.5 Å². The summed E-state index contributed by atoms with van der Waals surface area (Å²) in [5.41, 5.74) is 5.59. The third kappa shape index (κ3) is 22.8. The van der Waals surface area contributed by atoms with Crippen LogP contribution in [0.25, 0.3) is 21.5 Å². The van der Waals surface area contributed by atoms with E-state index in [-0.39, 0.29) is 186 Å². The summed E-state index contributed by atoms with van der Waals surface area (Å²) in [7, 11) is -7.74. The minimum Gasteiger partial charge on any atom is -0.748 e. The monoisotopic (exact) mass is 1350 g/mol. The number of rotatable bonds is 34. The Kier molecular flexibility index (Phi) is 37.6. The van der Waals surface area contributed by atoms with E-state index in [0.29, 0.717) is 117 Å².